The molecule has 0 aliphatic heterocycles. The molecule has 0 heterocycles. The third kappa shape index (κ3) is 5.91. The van der Waals surface area contributed by atoms with Crippen LogP contribution in [0.25, 0.3) is 0 Å². The molecule has 2 aromatic rings. The molecule has 0 fully saturated rings. The van der Waals surface area contributed by atoms with Gasteiger partial charge in [0.15, 0.2) is 11.6 Å². The summed E-state index contributed by atoms with van der Waals surface area (Å²) < 4.78 is 24.0. The van der Waals surface area contributed by atoms with E-state index in [2.05, 4.69) is 12.2 Å². The maximum absolute atomic E-state index is 13.4. The summed E-state index contributed by atoms with van der Waals surface area (Å²) in [6.45, 7) is 2.85. The third-order valence-electron chi connectivity index (χ3n) is 3.41. The molecular weight excluding hydrogens is 309 g/mol. The van der Waals surface area contributed by atoms with Crippen molar-refractivity contribution in [2.75, 3.05) is 11.9 Å². The van der Waals surface area contributed by atoms with Crippen molar-refractivity contribution in [2.24, 2.45) is 0 Å². The first-order valence-electron chi connectivity index (χ1n) is 8.15. The van der Waals surface area contributed by atoms with E-state index in [0.29, 0.717) is 12.3 Å². The number of rotatable bonds is 8. The van der Waals surface area contributed by atoms with E-state index in [9.17, 15) is 9.18 Å². The van der Waals surface area contributed by atoms with Crippen molar-refractivity contribution < 1.29 is 18.7 Å². The Kier molecular flexibility index (Phi) is 7.08. The van der Waals surface area contributed by atoms with Crippen molar-refractivity contribution in [3.05, 3.63) is 54.3 Å². The summed E-state index contributed by atoms with van der Waals surface area (Å²) in [6, 6.07) is 12.7. The highest BCUT2D eigenvalue weighted by Gasteiger charge is 2.08. The van der Waals surface area contributed by atoms with Crippen molar-refractivity contribution in [3.63, 3.8) is 0 Å². The van der Waals surface area contributed by atoms with Crippen LogP contribution in [0.4, 0.5) is 14.9 Å². The van der Waals surface area contributed by atoms with Gasteiger partial charge in [-0.05, 0) is 42.8 Å². The SMILES string of the molecule is CCCCCCOc1ccc(NC(=O)Oc2ccccc2F)cc1. The number of amides is 1. The Labute approximate surface area is 141 Å². The summed E-state index contributed by atoms with van der Waals surface area (Å²) in [5, 5.41) is 2.55. The fourth-order valence-electron chi connectivity index (χ4n) is 2.12. The highest BCUT2D eigenvalue weighted by Crippen LogP contribution is 2.18. The van der Waals surface area contributed by atoms with E-state index in [1.54, 1.807) is 30.3 Å². The molecular formula is C19H22FNO3. The molecule has 4 nitrogen and oxygen atoms in total. The summed E-state index contributed by atoms with van der Waals surface area (Å²) in [4.78, 5) is 11.8. The van der Waals surface area contributed by atoms with Crippen molar-refractivity contribution in [1.82, 2.24) is 0 Å². The second-order valence-corrected chi connectivity index (χ2v) is 5.38. The summed E-state index contributed by atoms with van der Waals surface area (Å²) in [5.74, 6) is 0.0565. The quantitative estimate of drug-likeness (QED) is 0.659. The lowest BCUT2D eigenvalue weighted by Gasteiger charge is -2.09. The molecule has 128 valence electrons. The molecule has 0 radical (unpaired) electrons. The molecule has 2 rings (SSSR count). The lowest BCUT2D eigenvalue weighted by atomic mass is 10.2. The van der Waals surface area contributed by atoms with Crippen LogP contribution in [0.1, 0.15) is 32.6 Å². The molecule has 0 unspecified atom stereocenters. The van der Waals surface area contributed by atoms with E-state index >= 15 is 0 Å². The van der Waals surface area contributed by atoms with Crippen molar-refractivity contribution in [1.29, 1.82) is 0 Å². The second-order valence-electron chi connectivity index (χ2n) is 5.38. The van der Waals surface area contributed by atoms with Crippen LogP contribution in [0.2, 0.25) is 0 Å². The minimum atomic E-state index is -0.742. The number of carbonyl (C=O) groups is 1. The summed E-state index contributed by atoms with van der Waals surface area (Å²) >= 11 is 0. The van der Waals surface area contributed by atoms with Crippen LogP contribution in [0.3, 0.4) is 0 Å². The maximum Gasteiger partial charge on any atom is 0.417 e. The molecule has 0 saturated carbocycles. The molecule has 0 aliphatic carbocycles. The summed E-state index contributed by atoms with van der Waals surface area (Å²) in [7, 11) is 0. The van der Waals surface area contributed by atoms with Gasteiger partial charge >= 0.3 is 6.09 Å². The van der Waals surface area contributed by atoms with Crippen LogP contribution in [0.5, 0.6) is 11.5 Å². The average molecular weight is 331 g/mol. The highest BCUT2D eigenvalue weighted by atomic mass is 19.1. The Morgan fingerprint density at radius 1 is 1.04 bits per heavy atom. The molecule has 0 aromatic heterocycles. The van der Waals surface area contributed by atoms with Crippen LogP contribution in [-0.2, 0) is 0 Å². The van der Waals surface area contributed by atoms with Gasteiger partial charge in [-0.15, -0.1) is 0 Å². The van der Waals surface area contributed by atoms with Gasteiger partial charge in [0, 0.05) is 5.69 Å². The second kappa shape index (κ2) is 9.55. The van der Waals surface area contributed by atoms with Crippen LogP contribution < -0.4 is 14.8 Å². The Morgan fingerprint density at radius 2 is 1.79 bits per heavy atom. The zero-order chi connectivity index (χ0) is 17.2. The Morgan fingerprint density at radius 3 is 2.50 bits per heavy atom. The number of ether oxygens (including phenoxy) is 2. The van der Waals surface area contributed by atoms with E-state index in [1.165, 1.54) is 31.0 Å². The Bertz CT molecular complexity index is 643. The molecule has 0 saturated heterocycles. The number of hydrogen-bond acceptors (Lipinski definition) is 3. The molecule has 5 heteroatoms. The van der Waals surface area contributed by atoms with Gasteiger partial charge in [-0.25, -0.2) is 9.18 Å². The predicted octanol–water partition coefficient (Wildman–Crippen LogP) is 5.40. The predicted molar refractivity (Wildman–Crippen MR) is 92.1 cm³/mol. The first-order chi connectivity index (χ1) is 11.7. The fraction of sp³-hybridized carbons (Fsp3) is 0.316. The van der Waals surface area contributed by atoms with E-state index in [-0.39, 0.29) is 5.75 Å². The minimum absolute atomic E-state index is 0.109. The third-order valence-corrected chi connectivity index (χ3v) is 3.41. The molecule has 0 aliphatic rings. The van der Waals surface area contributed by atoms with E-state index in [0.717, 1.165) is 18.6 Å². The molecule has 1 amide bonds. The highest BCUT2D eigenvalue weighted by molar-refractivity contribution is 5.86. The van der Waals surface area contributed by atoms with Crippen LogP contribution in [0, 0.1) is 5.82 Å². The maximum atomic E-state index is 13.4. The standard InChI is InChI=1S/C19H22FNO3/c1-2-3-4-7-14-23-16-12-10-15(11-13-16)21-19(22)24-18-9-6-5-8-17(18)20/h5-6,8-13H,2-4,7,14H2,1H3,(H,21,22). The van der Waals surface area contributed by atoms with Gasteiger partial charge in [0.05, 0.1) is 6.61 Å². The lowest BCUT2D eigenvalue weighted by Crippen LogP contribution is -2.17. The monoisotopic (exact) mass is 331 g/mol. The number of nitrogens with one attached hydrogen (secondary N) is 1. The number of anilines is 1. The topological polar surface area (TPSA) is 47.6 Å². The smallest absolute Gasteiger partial charge is 0.417 e. The average Bonchev–Trinajstić information content (AvgIpc) is 2.58. The summed E-state index contributed by atoms with van der Waals surface area (Å²) in [6.07, 6.45) is 3.87. The molecule has 2 aromatic carbocycles. The number of carbonyl (C=O) groups excluding carboxylic acids is 1. The first kappa shape index (κ1) is 17.8. The summed E-state index contributed by atoms with van der Waals surface area (Å²) in [5.41, 5.74) is 0.551. The number of para-hydroxylation sites is 1. The molecule has 0 spiro atoms. The lowest BCUT2D eigenvalue weighted by molar-refractivity contribution is 0.213. The molecule has 0 atom stereocenters. The normalized spacial score (nSPS) is 10.2. The fourth-order valence-corrected chi connectivity index (χ4v) is 2.12. The van der Waals surface area contributed by atoms with Crippen LogP contribution in [-0.4, -0.2) is 12.7 Å². The van der Waals surface area contributed by atoms with Crippen LogP contribution >= 0.6 is 0 Å². The minimum Gasteiger partial charge on any atom is -0.494 e. The largest absolute Gasteiger partial charge is 0.494 e. The first-order valence-corrected chi connectivity index (χ1v) is 8.15. The van der Waals surface area contributed by atoms with Gasteiger partial charge in [-0.3, -0.25) is 5.32 Å². The van der Waals surface area contributed by atoms with Gasteiger partial charge in [0.25, 0.3) is 0 Å². The molecule has 0 bridgehead atoms. The van der Waals surface area contributed by atoms with Crippen LogP contribution in [0.15, 0.2) is 48.5 Å². The molecule has 1 N–H and O–H groups in total. The van der Waals surface area contributed by atoms with Gasteiger partial charge in [0.1, 0.15) is 5.75 Å². The van der Waals surface area contributed by atoms with Gasteiger partial charge in [-0.2, -0.15) is 0 Å². The van der Waals surface area contributed by atoms with Gasteiger partial charge in [-0.1, -0.05) is 38.3 Å². The number of unbranched alkanes of at least 4 members (excludes halogenated alkanes) is 3. The number of hydrogen-bond donors (Lipinski definition) is 1. The Balaban J connectivity index is 1.78. The van der Waals surface area contributed by atoms with E-state index in [4.69, 9.17) is 9.47 Å². The number of halogens is 1. The van der Waals surface area contributed by atoms with Gasteiger partial charge < -0.3 is 9.47 Å². The van der Waals surface area contributed by atoms with E-state index < -0.39 is 11.9 Å². The van der Waals surface area contributed by atoms with Crippen molar-refractivity contribution in [2.45, 2.75) is 32.6 Å². The number of benzene rings is 2. The van der Waals surface area contributed by atoms with Crippen molar-refractivity contribution >= 4 is 11.8 Å². The van der Waals surface area contributed by atoms with Crippen molar-refractivity contribution in [3.8, 4) is 11.5 Å². The molecule has 24 heavy (non-hydrogen) atoms. The zero-order valence-electron chi connectivity index (χ0n) is 13.8. The Hall–Kier alpha value is -2.56. The zero-order valence-corrected chi connectivity index (χ0v) is 13.8. The van der Waals surface area contributed by atoms with E-state index in [1.807, 2.05) is 0 Å². The van der Waals surface area contributed by atoms with Gasteiger partial charge in [0.2, 0.25) is 0 Å².